The van der Waals surface area contributed by atoms with Gasteiger partial charge >= 0.3 is 0 Å². The van der Waals surface area contributed by atoms with Crippen molar-refractivity contribution in [3.63, 3.8) is 0 Å². The fourth-order valence-corrected chi connectivity index (χ4v) is 1.99. The van der Waals surface area contributed by atoms with Gasteiger partial charge in [-0.05, 0) is 47.1 Å². The van der Waals surface area contributed by atoms with Crippen molar-refractivity contribution in [3.8, 4) is 0 Å². The molecule has 6 heteroatoms. The van der Waals surface area contributed by atoms with E-state index in [0.717, 1.165) is 16.9 Å². The van der Waals surface area contributed by atoms with Gasteiger partial charge in [0.05, 0.1) is 11.4 Å². The van der Waals surface area contributed by atoms with E-state index in [2.05, 4.69) is 15.6 Å². The molecular formula is C13H11ClN4O. The monoisotopic (exact) mass is 274 g/mol. The Hall–Kier alpha value is -2.27. The van der Waals surface area contributed by atoms with Crippen LogP contribution in [0.25, 0.3) is 11.0 Å². The number of benzene rings is 2. The van der Waals surface area contributed by atoms with Gasteiger partial charge in [-0.25, -0.2) is 4.63 Å². The molecule has 0 spiro atoms. The van der Waals surface area contributed by atoms with E-state index >= 15 is 0 Å². The summed E-state index contributed by atoms with van der Waals surface area (Å²) >= 11 is 6.10. The number of rotatable bonds is 2. The minimum atomic E-state index is 0.531. The first-order chi connectivity index (χ1) is 9.15. The zero-order valence-corrected chi connectivity index (χ0v) is 10.9. The number of nitrogens with one attached hydrogen (secondary N) is 1. The van der Waals surface area contributed by atoms with Crippen molar-refractivity contribution in [2.45, 2.75) is 6.92 Å². The van der Waals surface area contributed by atoms with Crippen LogP contribution in [0.3, 0.4) is 0 Å². The second-order valence-corrected chi connectivity index (χ2v) is 4.66. The van der Waals surface area contributed by atoms with Crippen LogP contribution in [0.15, 0.2) is 35.0 Å². The second kappa shape index (κ2) is 4.44. The first-order valence-corrected chi connectivity index (χ1v) is 6.07. The Labute approximate surface area is 114 Å². The molecule has 1 aromatic heterocycles. The number of nitrogens with two attached hydrogens (primary N) is 1. The summed E-state index contributed by atoms with van der Waals surface area (Å²) in [5, 5.41) is 11.6. The van der Waals surface area contributed by atoms with Gasteiger partial charge in [-0.3, -0.25) is 0 Å². The van der Waals surface area contributed by atoms with Gasteiger partial charge in [-0.2, -0.15) is 0 Å². The highest BCUT2D eigenvalue weighted by atomic mass is 35.5. The van der Waals surface area contributed by atoms with Crippen molar-refractivity contribution < 1.29 is 4.63 Å². The first kappa shape index (κ1) is 11.8. The lowest BCUT2D eigenvalue weighted by atomic mass is 10.2. The van der Waals surface area contributed by atoms with E-state index in [-0.39, 0.29) is 0 Å². The van der Waals surface area contributed by atoms with Crippen molar-refractivity contribution in [2.24, 2.45) is 0 Å². The zero-order valence-electron chi connectivity index (χ0n) is 10.1. The van der Waals surface area contributed by atoms with Crippen LogP contribution in [0.5, 0.6) is 0 Å². The van der Waals surface area contributed by atoms with E-state index in [0.29, 0.717) is 21.7 Å². The normalized spacial score (nSPS) is 10.8. The standard InChI is InChI=1S/C13H11ClN4O/c1-7-2-3-8(6-9(7)14)16-11-5-4-10(15)12-13(11)18-19-17-12/h2-6,16H,15H2,1H3. The molecule has 0 radical (unpaired) electrons. The lowest BCUT2D eigenvalue weighted by molar-refractivity contribution is 0.316. The Kier molecular flexibility index (Phi) is 2.76. The van der Waals surface area contributed by atoms with Gasteiger partial charge in [0.2, 0.25) is 0 Å². The highest BCUT2D eigenvalue weighted by Gasteiger charge is 2.10. The number of halogens is 1. The number of anilines is 3. The molecule has 0 unspecified atom stereocenters. The van der Waals surface area contributed by atoms with Crippen molar-refractivity contribution in [1.29, 1.82) is 0 Å². The van der Waals surface area contributed by atoms with Gasteiger partial charge in [0, 0.05) is 10.7 Å². The maximum atomic E-state index is 6.10. The fourth-order valence-electron chi connectivity index (χ4n) is 1.81. The summed E-state index contributed by atoms with van der Waals surface area (Å²) < 4.78 is 4.72. The number of nitrogens with zero attached hydrogens (tertiary/aromatic N) is 2. The largest absolute Gasteiger partial charge is 0.397 e. The number of hydrogen-bond donors (Lipinski definition) is 2. The van der Waals surface area contributed by atoms with Crippen LogP contribution in [0, 0.1) is 6.92 Å². The second-order valence-electron chi connectivity index (χ2n) is 4.25. The molecule has 3 aromatic rings. The van der Waals surface area contributed by atoms with E-state index < -0.39 is 0 Å². The molecule has 0 atom stereocenters. The molecule has 3 rings (SSSR count). The molecule has 0 saturated carbocycles. The van der Waals surface area contributed by atoms with Crippen LogP contribution in [0.2, 0.25) is 5.02 Å². The van der Waals surface area contributed by atoms with Crippen LogP contribution < -0.4 is 11.1 Å². The van der Waals surface area contributed by atoms with Crippen LogP contribution >= 0.6 is 11.6 Å². The number of aryl methyl sites for hydroxylation is 1. The molecule has 0 aliphatic heterocycles. The van der Waals surface area contributed by atoms with Crippen molar-refractivity contribution in [2.75, 3.05) is 11.1 Å². The van der Waals surface area contributed by atoms with Gasteiger partial charge < -0.3 is 11.1 Å². The molecule has 19 heavy (non-hydrogen) atoms. The average Bonchev–Trinajstić information content (AvgIpc) is 2.87. The first-order valence-electron chi connectivity index (χ1n) is 5.69. The molecule has 2 aromatic carbocycles. The number of fused-ring (bicyclic) bond motifs is 1. The molecule has 3 N–H and O–H groups in total. The predicted molar refractivity (Wildman–Crippen MR) is 75.7 cm³/mol. The minimum Gasteiger partial charge on any atom is -0.397 e. The number of nitrogen functional groups attached to an aromatic ring is 1. The van der Waals surface area contributed by atoms with E-state index in [1.54, 1.807) is 6.07 Å². The number of aromatic nitrogens is 2. The fraction of sp³-hybridized carbons (Fsp3) is 0.0769. The number of hydrogen-bond acceptors (Lipinski definition) is 5. The highest BCUT2D eigenvalue weighted by Crippen LogP contribution is 2.29. The van der Waals surface area contributed by atoms with Gasteiger partial charge in [-0.15, -0.1) is 0 Å². The van der Waals surface area contributed by atoms with E-state index in [1.807, 2.05) is 31.2 Å². The van der Waals surface area contributed by atoms with Crippen molar-refractivity contribution in [3.05, 3.63) is 40.9 Å². The summed E-state index contributed by atoms with van der Waals surface area (Å²) in [6, 6.07) is 9.32. The van der Waals surface area contributed by atoms with Gasteiger partial charge in [0.1, 0.15) is 0 Å². The molecule has 0 saturated heterocycles. The topological polar surface area (TPSA) is 77.0 Å². The van der Waals surface area contributed by atoms with Gasteiger partial charge in [0.15, 0.2) is 11.0 Å². The molecule has 0 aliphatic carbocycles. The van der Waals surface area contributed by atoms with Crippen LogP contribution in [0.1, 0.15) is 5.56 Å². The summed E-state index contributed by atoms with van der Waals surface area (Å²) in [4.78, 5) is 0. The summed E-state index contributed by atoms with van der Waals surface area (Å²) in [6.07, 6.45) is 0. The van der Waals surface area contributed by atoms with E-state index in [9.17, 15) is 0 Å². The Morgan fingerprint density at radius 3 is 2.74 bits per heavy atom. The SMILES string of the molecule is Cc1ccc(Nc2ccc(N)c3nonc23)cc1Cl. The maximum Gasteiger partial charge on any atom is 0.160 e. The van der Waals surface area contributed by atoms with Gasteiger partial charge in [0.25, 0.3) is 0 Å². The molecule has 96 valence electrons. The molecule has 0 fully saturated rings. The average molecular weight is 275 g/mol. The van der Waals surface area contributed by atoms with Gasteiger partial charge in [-0.1, -0.05) is 17.7 Å². The summed E-state index contributed by atoms with van der Waals surface area (Å²) in [5.41, 5.74) is 10.1. The zero-order chi connectivity index (χ0) is 13.4. The molecule has 0 aliphatic rings. The Balaban J connectivity index is 2.03. The summed E-state index contributed by atoms with van der Waals surface area (Å²) in [6.45, 7) is 1.95. The minimum absolute atomic E-state index is 0.531. The molecule has 5 nitrogen and oxygen atoms in total. The third kappa shape index (κ3) is 2.08. The quantitative estimate of drug-likeness (QED) is 0.699. The molecule has 1 heterocycles. The third-order valence-corrected chi connectivity index (χ3v) is 3.30. The van der Waals surface area contributed by atoms with E-state index in [1.165, 1.54) is 0 Å². The summed E-state index contributed by atoms with van der Waals surface area (Å²) in [5.74, 6) is 0. The smallest absolute Gasteiger partial charge is 0.160 e. The molecule has 0 amide bonds. The molecular weight excluding hydrogens is 264 g/mol. The maximum absolute atomic E-state index is 6.10. The Bertz CT molecular complexity index is 753. The highest BCUT2D eigenvalue weighted by molar-refractivity contribution is 6.31. The van der Waals surface area contributed by atoms with Crippen molar-refractivity contribution >= 4 is 39.7 Å². The van der Waals surface area contributed by atoms with E-state index in [4.69, 9.17) is 22.0 Å². The van der Waals surface area contributed by atoms with Crippen LogP contribution in [0.4, 0.5) is 17.1 Å². The van der Waals surface area contributed by atoms with Crippen LogP contribution in [-0.4, -0.2) is 10.3 Å². The lowest BCUT2D eigenvalue weighted by Gasteiger charge is -2.08. The van der Waals surface area contributed by atoms with Crippen LogP contribution in [-0.2, 0) is 0 Å². The summed E-state index contributed by atoms with van der Waals surface area (Å²) in [7, 11) is 0. The Morgan fingerprint density at radius 1 is 1.16 bits per heavy atom. The lowest BCUT2D eigenvalue weighted by Crippen LogP contribution is -1.94. The Morgan fingerprint density at radius 2 is 1.95 bits per heavy atom. The third-order valence-electron chi connectivity index (χ3n) is 2.90. The van der Waals surface area contributed by atoms with Crippen molar-refractivity contribution in [1.82, 2.24) is 10.3 Å². The predicted octanol–water partition coefficient (Wildman–Crippen LogP) is 3.51. The molecule has 0 bridgehead atoms.